The van der Waals surface area contributed by atoms with E-state index < -0.39 is 0 Å². The van der Waals surface area contributed by atoms with E-state index in [1.54, 1.807) is 0 Å². The zero-order chi connectivity index (χ0) is 10.7. The molecule has 1 N–H and O–H groups in total. The second kappa shape index (κ2) is 5.31. The van der Waals surface area contributed by atoms with Crippen molar-refractivity contribution in [3.63, 3.8) is 0 Å². The molecule has 2 fully saturated rings. The summed E-state index contributed by atoms with van der Waals surface area (Å²) in [5.41, 5.74) is 0. The molecule has 0 spiro atoms. The minimum absolute atomic E-state index is 0.819. The molecule has 1 saturated heterocycles. The van der Waals surface area contributed by atoms with E-state index in [-0.39, 0.29) is 0 Å². The van der Waals surface area contributed by atoms with Crippen LogP contribution in [0.15, 0.2) is 0 Å². The van der Waals surface area contributed by atoms with Gasteiger partial charge in [-0.05, 0) is 57.2 Å². The molecule has 0 aromatic rings. The molecule has 1 heterocycles. The quantitative estimate of drug-likeness (QED) is 0.747. The predicted octanol–water partition coefficient (Wildman–Crippen LogP) is 2.11. The molecule has 2 nitrogen and oxygen atoms in total. The van der Waals surface area contributed by atoms with Crippen molar-refractivity contribution in [3.8, 4) is 0 Å². The molecule has 1 atom stereocenters. The van der Waals surface area contributed by atoms with Crippen LogP contribution >= 0.6 is 0 Å². The van der Waals surface area contributed by atoms with Gasteiger partial charge in [0.2, 0.25) is 0 Å². The first kappa shape index (κ1) is 11.4. The lowest BCUT2D eigenvalue weighted by molar-refractivity contribution is 0.169. The normalized spacial score (nSPS) is 26.8. The van der Waals surface area contributed by atoms with E-state index in [1.165, 1.54) is 51.9 Å². The average molecular weight is 210 g/mol. The Hall–Kier alpha value is -0.0800. The molecule has 88 valence electrons. The van der Waals surface area contributed by atoms with E-state index in [9.17, 15) is 0 Å². The van der Waals surface area contributed by atoms with Gasteiger partial charge >= 0.3 is 0 Å². The summed E-state index contributed by atoms with van der Waals surface area (Å²) in [6.45, 7) is 9.94. The third-order valence-corrected chi connectivity index (χ3v) is 3.78. The summed E-state index contributed by atoms with van der Waals surface area (Å²) in [7, 11) is 0. The highest BCUT2D eigenvalue weighted by Gasteiger charge is 2.22. The van der Waals surface area contributed by atoms with Gasteiger partial charge in [-0.2, -0.15) is 0 Å². The number of likely N-dealkylation sites (tertiary alicyclic amines) is 1. The van der Waals surface area contributed by atoms with E-state index in [0.29, 0.717) is 0 Å². The summed E-state index contributed by atoms with van der Waals surface area (Å²) >= 11 is 0. The van der Waals surface area contributed by atoms with Crippen LogP contribution in [0, 0.1) is 11.8 Å². The van der Waals surface area contributed by atoms with Gasteiger partial charge in [-0.1, -0.05) is 13.8 Å². The van der Waals surface area contributed by atoms with Crippen molar-refractivity contribution in [1.82, 2.24) is 10.2 Å². The van der Waals surface area contributed by atoms with Gasteiger partial charge in [0.15, 0.2) is 0 Å². The summed E-state index contributed by atoms with van der Waals surface area (Å²) in [6, 6.07) is 0.869. The van der Waals surface area contributed by atoms with E-state index in [4.69, 9.17) is 0 Å². The van der Waals surface area contributed by atoms with Gasteiger partial charge in [0.1, 0.15) is 0 Å². The minimum Gasteiger partial charge on any atom is -0.314 e. The van der Waals surface area contributed by atoms with Gasteiger partial charge in [-0.3, -0.25) is 0 Å². The van der Waals surface area contributed by atoms with Crippen LogP contribution in [0.3, 0.4) is 0 Å². The SMILES string of the molecule is CC1CCN(CC(C)CNC2CC2)CC1. The average Bonchev–Trinajstić information content (AvgIpc) is 3.02. The number of hydrogen-bond donors (Lipinski definition) is 1. The Kier molecular flexibility index (Phi) is 4.04. The first-order valence-corrected chi connectivity index (χ1v) is 6.70. The lowest BCUT2D eigenvalue weighted by Gasteiger charge is -2.32. The molecule has 2 heteroatoms. The fourth-order valence-electron chi connectivity index (χ4n) is 2.41. The van der Waals surface area contributed by atoms with Gasteiger partial charge in [-0.25, -0.2) is 0 Å². The Morgan fingerprint density at radius 1 is 1.20 bits per heavy atom. The molecular formula is C13H26N2. The molecule has 0 radical (unpaired) electrons. The van der Waals surface area contributed by atoms with Gasteiger partial charge < -0.3 is 10.2 Å². The summed E-state index contributed by atoms with van der Waals surface area (Å²) in [5, 5.41) is 3.63. The first-order chi connectivity index (χ1) is 7.24. The van der Waals surface area contributed by atoms with Crippen LogP contribution in [-0.2, 0) is 0 Å². The molecule has 2 aliphatic rings. The van der Waals surface area contributed by atoms with Crippen LogP contribution in [-0.4, -0.2) is 37.1 Å². The molecule has 1 saturated carbocycles. The highest BCUT2D eigenvalue weighted by molar-refractivity contribution is 4.82. The van der Waals surface area contributed by atoms with Crippen molar-refractivity contribution in [3.05, 3.63) is 0 Å². The van der Waals surface area contributed by atoms with Crippen LogP contribution < -0.4 is 5.32 Å². The standard InChI is InChI=1S/C13H26N2/c1-11-5-7-15(8-6-11)10-12(2)9-14-13-3-4-13/h11-14H,3-10H2,1-2H3. The Labute approximate surface area is 94.4 Å². The van der Waals surface area contributed by atoms with Gasteiger partial charge in [0, 0.05) is 12.6 Å². The van der Waals surface area contributed by atoms with Crippen molar-refractivity contribution in [2.45, 2.75) is 45.6 Å². The van der Waals surface area contributed by atoms with Gasteiger partial charge in [-0.15, -0.1) is 0 Å². The Morgan fingerprint density at radius 2 is 1.87 bits per heavy atom. The largest absolute Gasteiger partial charge is 0.314 e. The van der Waals surface area contributed by atoms with E-state index >= 15 is 0 Å². The van der Waals surface area contributed by atoms with Gasteiger partial charge in [0.25, 0.3) is 0 Å². The van der Waals surface area contributed by atoms with E-state index in [1.807, 2.05) is 0 Å². The van der Waals surface area contributed by atoms with E-state index in [0.717, 1.165) is 17.9 Å². The van der Waals surface area contributed by atoms with Crippen LogP contribution in [0.4, 0.5) is 0 Å². The molecule has 0 aromatic carbocycles. The topological polar surface area (TPSA) is 15.3 Å². The third-order valence-electron chi connectivity index (χ3n) is 3.78. The lowest BCUT2D eigenvalue weighted by Crippen LogP contribution is -2.38. The van der Waals surface area contributed by atoms with Crippen LogP contribution in [0.2, 0.25) is 0 Å². The lowest BCUT2D eigenvalue weighted by atomic mass is 9.98. The maximum atomic E-state index is 3.63. The summed E-state index contributed by atoms with van der Waals surface area (Å²) in [5.74, 6) is 1.78. The molecule has 0 amide bonds. The van der Waals surface area contributed by atoms with Crippen molar-refractivity contribution in [1.29, 1.82) is 0 Å². The smallest absolute Gasteiger partial charge is 0.00683 e. The predicted molar refractivity (Wildman–Crippen MR) is 65.0 cm³/mol. The Balaban J connectivity index is 1.58. The van der Waals surface area contributed by atoms with Crippen LogP contribution in [0.1, 0.15) is 39.5 Å². The molecular weight excluding hydrogens is 184 g/mol. The molecule has 15 heavy (non-hydrogen) atoms. The molecule has 1 aliphatic heterocycles. The molecule has 0 bridgehead atoms. The summed E-state index contributed by atoms with van der Waals surface area (Å²) in [6.07, 6.45) is 5.63. The van der Waals surface area contributed by atoms with Gasteiger partial charge in [0.05, 0.1) is 0 Å². The number of piperidine rings is 1. The van der Waals surface area contributed by atoms with Crippen molar-refractivity contribution >= 4 is 0 Å². The first-order valence-electron chi connectivity index (χ1n) is 6.70. The summed E-state index contributed by atoms with van der Waals surface area (Å²) < 4.78 is 0. The number of rotatable bonds is 5. The Morgan fingerprint density at radius 3 is 2.47 bits per heavy atom. The fourth-order valence-corrected chi connectivity index (χ4v) is 2.41. The molecule has 1 unspecified atom stereocenters. The van der Waals surface area contributed by atoms with Crippen molar-refractivity contribution in [2.24, 2.45) is 11.8 Å². The zero-order valence-electron chi connectivity index (χ0n) is 10.3. The second-order valence-electron chi connectivity index (χ2n) is 5.77. The Bertz CT molecular complexity index is 181. The monoisotopic (exact) mass is 210 g/mol. The molecule has 1 aliphatic carbocycles. The maximum Gasteiger partial charge on any atom is 0.00683 e. The van der Waals surface area contributed by atoms with Crippen molar-refractivity contribution < 1.29 is 0 Å². The fraction of sp³-hybridized carbons (Fsp3) is 1.00. The van der Waals surface area contributed by atoms with Crippen molar-refractivity contribution in [2.75, 3.05) is 26.2 Å². The second-order valence-corrected chi connectivity index (χ2v) is 5.77. The summed E-state index contributed by atoms with van der Waals surface area (Å²) in [4.78, 5) is 2.65. The third kappa shape index (κ3) is 4.12. The van der Waals surface area contributed by atoms with Crippen LogP contribution in [0.5, 0.6) is 0 Å². The molecule has 0 aromatic heterocycles. The number of nitrogens with one attached hydrogen (secondary N) is 1. The van der Waals surface area contributed by atoms with Crippen LogP contribution in [0.25, 0.3) is 0 Å². The maximum absolute atomic E-state index is 3.63. The zero-order valence-corrected chi connectivity index (χ0v) is 10.3. The van der Waals surface area contributed by atoms with E-state index in [2.05, 4.69) is 24.1 Å². The number of nitrogens with zero attached hydrogens (tertiary/aromatic N) is 1. The highest BCUT2D eigenvalue weighted by Crippen LogP contribution is 2.20. The minimum atomic E-state index is 0.819. The number of hydrogen-bond acceptors (Lipinski definition) is 2. The molecule has 2 rings (SSSR count). The highest BCUT2D eigenvalue weighted by atomic mass is 15.1.